The second-order valence-corrected chi connectivity index (χ2v) is 9.81. The average Bonchev–Trinajstić information content (AvgIpc) is 3.09. The van der Waals surface area contributed by atoms with Gasteiger partial charge in [-0.1, -0.05) is 26.8 Å². The van der Waals surface area contributed by atoms with Crippen molar-refractivity contribution in [1.82, 2.24) is 0 Å². The Bertz CT molecular complexity index is 487. The van der Waals surface area contributed by atoms with Crippen molar-refractivity contribution in [3.63, 3.8) is 0 Å². The summed E-state index contributed by atoms with van der Waals surface area (Å²) in [5, 5.41) is 0. The van der Waals surface area contributed by atoms with Gasteiger partial charge in [0.05, 0.1) is 5.56 Å². The Morgan fingerprint density at radius 3 is 2.25 bits per heavy atom. The van der Waals surface area contributed by atoms with Crippen LogP contribution in [0.2, 0.25) is 0 Å². The van der Waals surface area contributed by atoms with Crippen molar-refractivity contribution in [2.45, 2.75) is 38.0 Å². The third-order valence-electron chi connectivity index (χ3n) is 3.62. The number of hydrogen-bond acceptors (Lipinski definition) is 2. The fourth-order valence-electron chi connectivity index (χ4n) is 2.26. The lowest BCUT2D eigenvalue weighted by Crippen LogP contribution is -2.21. The Morgan fingerprint density at radius 2 is 1.85 bits per heavy atom. The van der Waals surface area contributed by atoms with Crippen molar-refractivity contribution >= 4 is 16.6 Å². The first kappa shape index (κ1) is 15.4. The number of carbonyl (C=O) groups is 1. The first-order valence-corrected chi connectivity index (χ1v) is 8.54. The molecule has 2 nitrogen and oxygen atoms in total. The Balaban J connectivity index is 2.31. The highest BCUT2D eigenvalue weighted by Gasteiger charge is 2.50. The van der Waals surface area contributed by atoms with E-state index in [-0.39, 0.29) is 16.7 Å². The van der Waals surface area contributed by atoms with Gasteiger partial charge in [-0.25, -0.2) is 8.78 Å². The van der Waals surface area contributed by atoms with Crippen LogP contribution in [0.3, 0.4) is 0 Å². The molecule has 1 aliphatic rings. The normalized spacial score (nSPS) is 20.2. The van der Waals surface area contributed by atoms with Crippen molar-refractivity contribution in [3.05, 3.63) is 35.4 Å². The minimum Gasteiger partial charge on any atom is -0.327 e. The van der Waals surface area contributed by atoms with E-state index in [0.29, 0.717) is 6.29 Å². The fraction of sp³-hybridized carbons (Fsp3) is 0.533. The van der Waals surface area contributed by atoms with Gasteiger partial charge in [0.25, 0.3) is 0 Å². The zero-order valence-corrected chi connectivity index (χ0v) is 12.8. The van der Waals surface area contributed by atoms with Crippen LogP contribution in [0.15, 0.2) is 18.2 Å². The van der Waals surface area contributed by atoms with E-state index in [2.05, 4.69) is 20.8 Å². The van der Waals surface area contributed by atoms with Crippen LogP contribution in [0, 0.1) is 11.6 Å². The quantitative estimate of drug-likeness (QED) is 0.603. The van der Waals surface area contributed by atoms with Crippen molar-refractivity contribution in [2.24, 2.45) is 0 Å². The number of benzene rings is 1. The van der Waals surface area contributed by atoms with Crippen LogP contribution in [0.5, 0.6) is 0 Å². The van der Waals surface area contributed by atoms with Crippen LogP contribution in [0.4, 0.5) is 8.78 Å². The van der Waals surface area contributed by atoms with Gasteiger partial charge >= 0.3 is 0 Å². The molecule has 1 atom stereocenters. The van der Waals surface area contributed by atoms with E-state index in [1.165, 1.54) is 18.2 Å². The lowest BCUT2D eigenvalue weighted by Gasteiger charge is -2.38. The Kier molecular flexibility index (Phi) is 4.21. The van der Waals surface area contributed by atoms with Crippen molar-refractivity contribution in [2.75, 3.05) is 11.5 Å². The maximum atomic E-state index is 13.9. The maximum absolute atomic E-state index is 13.9. The molecule has 0 spiro atoms. The molecule has 0 radical (unpaired) electrons. The molecule has 0 bridgehead atoms. The number of carbonyl (C=O) groups excluding carboxylic acids is 1. The molecule has 0 aromatic heterocycles. The molecule has 5 heteroatoms. The van der Waals surface area contributed by atoms with Gasteiger partial charge in [0.15, 0.2) is 0 Å². The van der Waals surface area contributed by atoms with Gasteiger partial charge in [0.1, 0.15) is 24.0 Å². The number of aldehydes is 1. The lowest BCUT2D eigenvalue weighted by atomic mass is 10.1. The topological polar surface area (TPSA) is 26.3 Å². The highest BCUT2D eigenvalue weighted by molar-refractivity contribution is 8.36. The molecular formula is C15H20F2O2S. The molecule has 1 aromatic carbocycles. The standard InChI is InChI=1S/C15H20F2O2S/c1-15(2,3)20(9-10-20)19-13(7-8-18)14-11(16)5-4-6-12(14)17/h4-6,8,13H,7,9-10H2,1-3H3. The molecular weight excluding hydrogens is 282 g/mol. The van der Waals surface area contributed by atoms with Gasteiger partial charge in [-0.05, 0) is 12.1 Å². The Morgan fingerprint density at radius 1 is 1.30 bits per heavy atom. The summed E-state index contributed by atoms with van der Waals surface area (Å²) in [5.74, 6) is 0.561. The Labute approximate surface area is 120 Å². The summed E-state index contributed by atoms with van der Waals surface area (Å²) in [5.41, 5.74) is -0.123. The van der Waals surface area contributed by atoms with E-state index in [0.717, 1.165) is 11.5 Å². The molecule has 0 N–H and O–H groups in total. The second-order valence-electron chi connectivity index (χ2n) is 5.96. The predicted octanol–water partition coefficient (Wildman–Crippen LogP) is 4.14. The largest absolute Gasteiger partial charge is 0.327 e. The first-order valence-electron chi connectivity index (χ1n) is 6.65. The molecule has 1 unspecified atom stereocenters. The average molecular weight is 302 g/mol. The van der Waals surface area contributed by atoms with E-state index >= 15 is 0 Å². The summed E-state index contributed by atoms with van der Waals surface area (Å²) in [4.78, 5) is 10.9. The molecule has 0 aliphatic carbocycles. The predicted molar refractivity (Wildman–Crippen MR) is 77.9 cm³/mol. The summed E-state index contributed by atoms with van der Waals surface area (Å²) < 4.78 is 33.8. The van der Waals surface area contributed by atoms with Crippen LogP contribution in [-0.2, 0) is 8.98 Å². The van der Waals surface area contributed by atoms with E-state index in [1.54, 1.807) is 0 Å². The van der Waals surface area contributed by atoms with Gasteiger partial charge in [-0.15, -0.1) is 10.3 Å². The van der Waals surface area contributed by atoms with Gasteiger partial charge in [-0.2, -0.15) is 0 Å². The summed E-state index contributed by atoms with van der Waals surface area (Å²) >= 11 is 0. The molecule has 1 saturated heterocycles. The third kappa shape index (κ3) is 2.88. The number of hydrogen-bond donors (Lipinski definition) is 0. The third-order valence-corrected chi connectivity index (χ3v) is 7.61. The second kappa shape index (κ2) is 5.45. The molecule has 1 aliphatic heterocycles. The van der Waals surface area contributed by atoms with Crippen LogP contribution >= 0.6 is 10.3 Å². The molecule has 0 amide bonds. The van der Waals surface area contributed by atoms with E-state index in [9.17, 15) is 13.6 Å². The molecule has 1 fully saturated rings. The minimum atomic E-state index is -1.34. The molecule has 0 saturated carbocycles. The smallest absolute Gasteiger partial charge is 0.132 e. The van der Waals surface area contributed by atoms with E-state index < -0.39 is 28.0 Å². The molecule has 1 aromatic rings. The number of halogens is 2. The lowest BCUT2D eigenvalue weighted by molar-refractivity contribution is -0.109. The van der Waals surface area contributed by atoms with Crippen LogP contribution < -0.4 is 0 Å². The summed E-state index contributed by atoms with van der Waals surface area (Å²) in [7, 11) is -1.34. The van der Waals surface area contributed by atoms with Crippen molar-refractivity contribution < 1.29 is 17.8 Å². The maximum Gasteiger partial charge on any atom is 0.132 e. The van der Waals surface area contributed by atoms with Gasteiger partial charge in [0.2, 0.25) is 0 Å². The molecule has 2 rings (SSSR count). The first-order chi connectivity index (χ1) is 9.31. The summed E-state index contributed by atoms with van der Waals surface area (Å²) in [6.45, 7) is 6.22. The molecule has 112 valence electrons. The van der Waals surface area contributed by atoms with E-state index in [4.69, 9.17) is 4.18 Å². The monoisotopic (exact) mass is 302 g/mol. The minimum absolute atomic E-state index is 0.0251. The van der Waals surface area contributed by atoms with Crippen molar-refractivity contribution in [3.8, 4) is 0 Å². The van der Waals surface area contributed by atoms with Crippen LogP contribution in [-0.4, -0.2) is 22.5 Å². The summed E-state index contributed by atoms with van der Waals surface area (Å²) in [6.07, 6.45) is -0.192. The van der Waals surface area contributed by atoms with Crippen molar-refractivity contribution in [1.29, 1.82) is 0 Å². The number of rotatable bonds is 5. The van der Waals surface area contributed by atoms with E-state index in [1.807, 2.05) is 0 Å². The zero-order chi connectivity index (χ0) is 15.0. The molecule has 1 heterocycles. The van der Waals surface area contributed by atoms with Gasteiger partial charge < -0.3 is 8.98 Å². The Hall–Kier alpha value is -0.940. The van der Waals surface area contributed by atoms with Gasteiger partial charge in [-0.3, -0.25) is 0 Å². The zero-order valence-electron chi connectivity index (χ0n) is 12.0. The van der Waals surface area contributed by atoms with Crippen LogP contribution in [0.25, 0.3) is 0 Å². The highest BCUT2D eigenvalue weighted by atomic mass is 32.3. The van der Waals surface area contributed by atoms with Gasteiger partial charge in [0, 0.05) is 22.7 Å². The highest BCUT2D eigenvalue weighted by Crippen LogP contribution is 2.72. The van der Waals surface area contributed by atoms with Crippen LogP contribution in [0.1, 0.15) is 38.9 Å². The fourth-order valence-corrected chi connectivity index (χ4v) is 5.19. The molecule has 20 heavy (non-hydrogen) atoms. The SMILES string of the molecule is CC(C)(C)S1(OC(CC=O)c2c(F)cccc2F)CC1. The summed E-state index contributed by atoms with van der Waals surface area (Å²) in [6, 6.07) is 3.72.